The highest BCUT2D eigenvalue weighted by molar-refractivity contribution is 6.01. The number of carbonyl (C=O) groups excluding carboxylic acids is 2. The van der Waals surface area contributed by atoms with Crippen LogP contribution in [0, 0.1) is 5.82 Å². The fourth-order valence-electron chi connectivity index (χ4n) is 4.71. The molecular weight excluding hydrogens is 454 g/mol. The number of alkyl halides is 3. The summed E-state index contributed by atoms with van der Waals surface area (Å²) in [6.45, 7) is 5.34. The van der Waals surface area contributed by atoms with Gasteiger partial charge in [-0.25, -0.2) is 4.39 Å². The Kier molecular flexibility index (Phi) is 6.71. The number of fused-ring (bicyclic) bond motifs is 1. The molecule has 4 rings (SSSR count). The molecule has 1 aromatic heterocycles. The van der Waals surface area contributed by atoms with E-state index >= 15 is 0 Å². The number of hydrogen-bond acceptors (Lipinski definition) is 3. The normalized spacial score (nSPS) is 19.1. The van der Waals surface area contributed by atoms with E-state index in [2.05, 4.69) is 5.32 Å². The van der Waals surface area contributed by atoms with Gasteiger partial charge in [-0.1, -0.05) is 13.0 Å². The first kappa shape index (κ1) is 24.3. The maximum atomic E-state index is 13.7. The molecule has 184 valence electrons. The lowest BCUT2D eigenvalue weighted by Crippen LogP contribution is -2.35. The minimum absolute atomic E-state index is 0.113. The van der Waals surface area contributed by atoms with Crippen molar-refractivity contribution in [3.63, 3.8) is 0 Å². The zero-order chi connectivity index (χ0) is 24.6. The van der Waals surface area contributed by atoms with E-state index in [4.69, 9.17) is 4.74 Å². The van der Waals surface area contributed by atoms with E-state index in [0.29, 0.717) is 31.1 Å². The van der Waals surface area contributed by atoms with Crippen molar-refractivity contribution >= 4 is 11.8 Å². The Morgan fingerprint density at radius 1 is 1.24 bits per heavy atom. The number of carbonyl (C=O) groups is 2. The molecule has 2 aromatic rings. The molecule has 34 heavy (non-hydrogen) atoms. The molecule has 2 aliphatic heterocycles. The summed E-state index contributed by atoms with van der Waals surface area (Å²) in [5.74, 6) is -2.03. The monoisotopic (exact) mass is 481 g/mol. The quantitative estimate of drug-likeness (QED) is 0.631. The number of hydrogen-bond donors (Lipinski definition) is 1. The molecule has 3 heterocycles. The van der Waals surface area contributed by atoms with Crippen molar-refractivity contribution in [3.8, 4) is 0 Å². The van der Waals surface area contributed by atoms with Gasteiger partial charge in [0.05, 0.1) is 36.1 Å². The summed E-state index contributed by atoms with van der Waals surface area (Å²) in [6, 6.07) is 3.61. The number of benzene rings is 1. The third kappa shape index (κ3) is 4.55. The predicted molar refractivity (Wildman–Crippen MR) is 116 cm³/mol. The lowest BCUT2D eigenvalue weighted by atomic mass is 10.0. The van der Waals surface area contributed by atoms with Crippen LogP contribution in [0.1, 0.15) is 76.8 Å². The average Bonchev–Trinajstić information content (AvgIpc) is 3.40. The lowest BCUT2D eigenvalue weighted by molar-refractivity contribution is -0.140. The zero-order valence-corrected chi connectivity index (χ0v) is 19.0. The number of halogens is 4. The van der Waals surface area contributed by atoms with Gasteiger partial charge in [0.25, 0.3) is 11.8 Å². The third-order valence-electron chi connectivity index (χ3n) is 6.60. The molecule has 2 aliphatic rings. The highest BCUT2D eigenvalue weighted by atomic mass is 19.4. The molecule has 0 unspecified atom stereocenters. The van der Waals surface area contributed by atoms with Gasteiger partial charge in [0.2, 0.25) is 0 Å². The molecule has 2 amide bonds. The van der Waals surface area contributed by atoms with Gasteiger partial charge in [0.1, 0.15) is 11.5 Å². The molecule has 1 fully saturated rings. The van der Waals surface area contributed by atoms with Crippen molar-refractivity contribution in [2.45, 2.75) is 64.5 Å². The molecular formula is C24H27F4N3O3. The first-order valence-corrected chi connectivity index (χ1v) is 11.4. The van der Waals surface area contributed by atoms with Gasteiger partial charge < -0.3 is 19.5 Å². The highest BCUT2D eigenvalue weighted by Crippen LogP contribution is 2.34. The molecule has 1 N–H and O–H groups in total. The topological polar surface area (TPSA) is 63.6 Å². The van der Waals surface area contributed by atoms with Crippen LogP contribution in [0.15, 0.2) is 24.3 Å². The standard InChI is InChI=1S/C24H27F4N3O3/c1-3-19(15-6-7-18(25)17(11-15)24(26,27)28)29-22(32)16-12-20(31-9-10-34-13-21(16)31)23(33)30-8-4-5-14(30)2/h6-7,11-12,14,19H,3-5,8-10,13H2,1-2H3,(H,29,32)/t14-,19-/m0/s1. The van der Waals surface area contributed by atoms with Crippen LogP contribution in [-0.2, 0) is 24.1 Å². The van der Waals surface area contributed by atoms with Crippen LogP contribution in [0.25, 0.3) is 0 Å². The summed E-state index contributed by atoms with van der Waals surface area (Å²) < 4.78 is 60.5. The number of amides is 2. The van der Waals surface area contributed by atoms with Crippen LogP contribution in [0.2, 0.25) is 0 Å². The van der Waals surface area contributed by atoms with Gasteiger partial charge >= 0.3 is 6.18 Å². The second-order valence-corrected chi connectivity index (χ2v) is 8.76. The molecule has 0 saturated carbocycles. The maximum Gasteiger partial charge on any atom is 0.419 e. The molecule has 0 radical (unpaired) electrons. The Morgan fingerprint density at radius 2 is 2.00 bits per heavy atom. The zero-order valence-electron chi connectivity index (χ0n) is 19.0. The Balaban J connectivity index is 1.63. The predicted octanol–water partition coefficient (Wildman–Crippen LogP) is 4.68. The number of aromatic nitrogens is 1. The lowest BCUT2D eigenvalue weighted by Gasteiger charge is -2.24. The van der Waals surface area contributed by atoms with Crippen molar-refractivity contribution in [3.05, 3.63) is 58.2 Å². The van der Waals surface area contributed by atoms with Crippen LogP contribution >= 0.6 is 0 Å². The third-order valence-corrected chi connectivity index (χ3v) is 6.60. The summed E-state index contributed by atoms with van der Waals surface area (Å²) >= 11 is 0. The number of likely N-dealkylation sites (tertiary alicyclic amines) is 1. The minimum atomic E-state index is -4.84. The number of nitrogens with one attached hydrogen (secondary N) is 1. The summed E-state index contributed by atoms with van der Waals surface area (Å²) in [7, 11) is 0. The molecule has 0 spiro atoms. The number of nitrogens with zero attached hydrogens (tertiary/aromatic N) is 2. The van der Waals surface area contributed by atoms with Crippen molar-refractivity contribution < 1.29 is 31.9 Å². The summed E-state index contributed by atoms with van der Waals surface area (Å²) in [5, 5.41) is 2.76. The van der Waals surface area contributed by atoms with Crippen molar-refractivity contribution in [1.82, 2.24) is 14.8 Å². The fraction of sp³-hybridized carbons (Fsp3) is 0.500. The summed E-state index contributed by atoms with van der Waals surface area (Å²) in [4.78, 5) is 28.2. The van der Waals surface area contributed by atoms with Crippen LogP contribution in [0.3, 0.4) is 0 Å². The molecule has 1 aromatic carbocycles. The van der Waals surface area contributed by atoms with Crippen molar-refractivity contribution in [2.24, 2.45) is 0 Å². The van der Waals surface area contributed by atoms with E-state index in [1.54, 1.807) is 22.5 Å². The minimum Gasteiger partial charge on any atom is -0.373 e. The Bertz CT molecular complexity index is 1100. The van der Waals surface area contributed by atoms with E-state index in [1.807, 2.05) is 6.92 Å². The van der Waals surface area contributed by atoms with Gasteiger partial charge in [-0.15, -0.1) is 0 Å². The Hall–Kier alpha value is -2.88. The van der Waals surface area contributed by atoms with Crippen molar-refractivity contribution in [1.29, 1.82) is 0 Å². The fourth-order valence-corrected chi connectivity index (χ4v) is 4.71. The van der Waals surface area contributed by atoms with Gasteiger partial charge in [-0.3, -0.25) is 9.59 Å². The molecule has 10 heteroatoms. The number of ether oxygens (including phenoxy) is 1. The van der Waals surface area contributed by atoms with E-state index in [9.17, 15) is 27.2 Å². The molecule has 2 atom stereocenters. The highest BCUT2D eigenvalue weighted by Gasteiger charge is 2.35. The first-order chi connectivity index (χ1) is 16.1. The van der Waals surface area contributed by atoms with Gasteiger partial charge in [0, 0.05) is 19.1 Å². The smallest absolute Gasteiger partial charge is 0.373 e. The van der Waals surface area contributed by atoms with E-state index in [0.717, 1.165) is 25.0 Å². The number of rotatable bonds is 5. The largest absolute Gasteiger partial charge is 0.419 e. The first-order valence-electron chi connectivity index (χ1n) is 11.4. The molecule has 6 nitrogen and oxygen atoms in total. The summed E-state index contributed by atoms with van der Waals surface area (Å²) in [5.41, 5.74) is -0.00200. The molecule has 0 aliphatic carbocycles. The maximum absolute atomic E-state index is 13.7. The van der Waals surface area contributed by atoms with Gasteiger partial charge in [-0.05, 0) is 49.9 Å². The van der Waals surface area contributed by atoms with Gasteiger partial charge in [-0.2, -0.15) is 13.2 Å². The Morgan fingerprint density at radius 3 is 2.65 bits per heavy atom. The van der Waals surface area contributed by atoms with Crippen molar-refractivity contribution in [2.75, 3.05) is 13.2 Å². The van der Waals surface area contributed by atoms with E-state index in [1.165, 1.54) is 6.07 Å². The SMILES string of the molecule is CC[C@H](NC(=O)c1cc(C(=O)N2CCC[C@@H]2C)n2c1COCC2)c1ccc(F)c(C(F)(F)F)c1. The molecule has 1 saturated heterocycles. The van der Waals surface area contributed by atoms with Crippen LogP contribution in [0.5, 0.6) is 0 Å². The van der Waals surface area contributed by atoms with Gasteiger partial charge in [0.15, 0.2) is 0 Å². The summed E-state index contributed by atoms with van der Waals surface area (Å²) in [6.07, 6.45) is -2.71. The van der Waals surface area contributed by atoms with E-state index in [-0.39, 0.29) is 36.1 Å². The van der Waals surface area contributed by atoms with E-state index < -0.39 is 29.5 Å². The Labute approximate surface area is 194 Å². The average molecular weight is 481 g/mol. The molecule has 0 bridgehead atoms. The van der Waals surface area contributed by atoms with Crippen LogP contribution < -0.4 is 5.32 Å². The second-order valence-electron chi connectivity index (χ2n) is 8.76. The van der Waals surface area contributed by atoms with Crippen LogP contribution in [-0.4, -0.2) is 40.5 Å². The second kappa shape index (κ2) is 9.40. The van der Waals surface area contributed by atoms with Crippen LogP contribution in [0.4, 0.5) is 17.6 Å².